The number of carbonyl (C=O) groups excluding carboxylic acids is 1. The van der Waals surface area contributed by atoms with E-state index >= 15 is 0 Å². The zero-order valence-electron chi connectivity index (χ0n) is 8.91. The largest absolute Gasteiger partial charge is 0.359 e. The Bertz CT molecular complexity index is 656. The van der Waals surface area contributed by atoms with Crippen molar-refractivity contribution in [1.29, 1.82) is 0 Å². The lowest BCUT2D eigenvalue weighted by molar-refractivity contribution is 0.112. The summed E-state index contributed by atoms with van der Waals surface area (Å²) in [4.78, 5) is 15.2. The Kier molecular flexibility index (Phi) is 2.22. The van der Waals surface area contributed by atoms with Crippen LogP contribution in [0.15, 0.2) is 41.3 Å². The summed E-state index contributed by atoms with van der Waals surface area (Å²) in [6.45, 7) is 0.515. The second-order valence-electron chi connectivity index (χ2n) is 3.68. The first-order valence-electron chi connectivity index (χ1n) is 5.17. The summed E-state index contributed by atoms with van der Waals surface area (Å²) in [7, 11) is 0. The lowest BCUT2D eigenvalue weighted by Gasteiger charge is -1.99. The number of aromatic nitrogens is 3. The summed E-state index contributed by atoms with van der Waals surface area (Å²) in [5.41, 5.74) is 1.40. The Morgan fingerprint density at radius 3 is 3.06 bits per heavy atom. The third kappa shape index (κ3) is 1.61. The normalized spacial score (nSPS) is 10.8. The van der Waals surface area contributed by atoms with Gasteiger partial charge < -0.3 is 9.09 Å². The molecule has 0 unspecified atom stereocenters. The molecule has 3 rings (SSSR count). The molecule has 17 heavy (non-hydrogen) atoms. The van der Waals surface area contributed by atoms with Crippen molar-refractivity contribution >= 4 is 17.3 Å². The van der Waals surface area contributed by atoms with Crippen LogP contribution in [0.4, 0.5) is 0 Å². The molecule has 0 N–H and O–H groups in total. The van der Waals surface area contributed by atoms with Gasteiger partial charge in [-0.3, -0.25) is 4.79 Å². The first-order chi connectivity index (χ1) is 8.38. The minimum absolute atomic E-state index is 0.515. The number of pyridine rings is 1. The van der Waals surface area contributed by atoms with E-state index in [-0.39, 0.29) is 0 Å². The van der Waals surface area contributed by atoms with Gasteiger partial charge in [0.15, 0.2) is 12.0 Å². The van der Waals surface area contributed by atoms with Gasteiger partial charge in [-0.2, -0.15) is 0 Å². The Morgan fingerprint density at radius 1 is 1.35 bits per heavy atom. The van der Waals surface area contributed by atoms with Gasteiger partial charge in [-0.25, -0.2) is 4.98 Å². The van der Waals surface area contributed by atoms with Crippen LogP contribution in [0.2, 0.25) is 0 Å². The molecule has 0 aliphatic rings. The van der Waals surface area contributed by atoms with Crippen molar-refractivity contribution < 1.29 is 9.32 Å². The highest BCUT2D eigenvalue weighted by Crippen LogP contribution is 2.18. The van der Waals surface area contributed by atoms with E-state index in [1.54, 1.807) is 24.7 Å². The fourth-order valence-electron chi connectivity index (χ4n) is 1.86. The van der Waals surface area contributed by atoms with Crippen molar-refractivity contribution in [3.8, 4) is 0 Å². The topological polar surface area (TPSA) is 60.9 Å². The first-order valence-corrected chi connectivity index (χ1v) is 5.17. The maximum Gasteiger partial charge on any atom is 0.156 e. The van der Waals surface area contributed by atoms with Crippen molar-refractivity contribution in [2.24, 2.45) is 0 Å². The average Bonchev–Trinajstić information content (AvgIpc) is 2.98. The Balaban J connectivity index is 2.13. The molecule has 3 heterocycles. The molecule has 0 spiro atoms. The maximum absolute atomic E-state index is 11.0. The lowest BCUT2D eigenvalue weighted by Crippen LogP contribution is -1.97. The van der Waals surface area contributed by atoms with Crippen LogP contribution in [-0.4, -0.2) is 21.0 Å². The maximum atomic E-state index is 11.0. The van der Waals surface area contributed by atoms with Crippen LogP contribution >= 0.6 is 0 Å². The van der Waals surface area contributed by atoms with Gasteiger partial charge in [-0.05, 0) is 12.1 Å². The summed E-state index contributed by atoms with van der Waals surface area (Å²) >= 11 is 0. The molecule has 0 aliphatic heterocycles. The molecular formula is C12H9N3O2. The van der Waals surface area contributed by atoms with Crippen LogP contribution in [-0.2, 0) is 6.54 Å². The zero-order valence-corrected chi connectivity index (χ0v) is 8.91. The predicted molar refractivity (Wildman–Crippen MR) is 60.7 cm³/mol. The molecule has 5 nitrogen and oxygen atoms in total. The molecule has 0 aliphatic carbocycles. The van der Waals surface area contributed by atoms with Crippen LogP contribution in [0.5, 0.6) is 0 Å². The Hall–Kier alpha value is -2.43. The highest BCUT2D eigenvalue weighted by atomic mass is 16.5. The van der Waals surface area contributed by atoms with Gasteiger partial charge >= 0.3 is 0 Å². The molecule has 0 bridgehead atoms. The quantitative estimate of drug-likeness (QED) is 0.641. The van der Waals surface area contributed by atoms with Crippen molar-refractivity contribution in [2.45, 2.75) is 6.54 Å². The van der Waals surface area contributed by atoms with Gasteiger partial charge in [0, 0.05) is 29.4 Å². The molecule has 0 aromatic carbocycles. The molecule has 0 atom stereocenters. The molecule has 0 radical (unpaired) electrons. The third-order valence-electron chi connectivity index (χ3n) is 2.61. The van der Waals surface area contributed by atoms with E-state index in [2.05, 4.69) is 10.1 Å². The van der Waals surface area contributed by atoms with Crippen molar-refractivity contribution in [3.05, 3.63) is 48.1 Å². The molecule has 3 aromatic rings. The summed E-state index contributed by atoms with van der Waals surface area (Å²) in [6.07, 6.45) is 5.90. The van der Waals surface area contributed by atoms with Crippen LogP contribution in [0.1, 0.15) is 16.1 Å². The highest BCUT2D eigenvalue weighted by molar-refractivity contribution is 5.95. The zero-order chi connectivity index (χ0) is 11.7. The molecule has 0 saturated heterocycles. The van der Waals surface area contributed by atoms with Crippen molar-refractivity contribution in [3.63, 3.8) is 0 Å². The number of nitrogens with zero attached hydrogens (tertiary/aromatic N) is 3. The number of rotatable bonds is 3. The van der Waals surface area contributed by atoms with E-state index in [0.717, 1.165) is 23.1 Å². The number of carbonyl (C=O) groups is 1. The van der Waals surface area contributed by atoms with Crippen LogP contribution in [0, 0.1) is 0 Å². The minimum atomic E-state index is 0.515. The number of hydrogen-bond acceptors (Lipinski definition) is 4. The predicted octanol–water partition coefficient (Wildman–Crippen LogP) is 1.89. The van der Waals surface area contributed by atoms with Crippen LogP contribution in [0.3, 0.4) is 0 Å². The van der Waals surface area contributed by atoms with E-state index in [1.807, 2.05) is 16.7 Å². The third-order valence-corrected chi connectivity index (χ3v) is 2.61. The summed E-state index contributed by atoms with van der Waals surface area (Å²) < 4.78 is 6.92. The average molecular weight is 227 g/mol. The molecule has 0 fully saturated rings. The lowest BCUT2D eigenvalue weighted by atomic mass is 10.2. The van der Waals surface area contributed by atoms with E-state index in [1.165, 1.54) is 0 Å². The Morgan fingerprint density at radius 2 is 2.29 bits per heavy atom. The molecular weight excluding hydrogens is 218 g/mol. The van der Waals surface area contributed by atoms with Gasteiger partial charge in [0.2, 0.25) is 0 Å². The standard InChI is InChI=1S/C12H9N3O2/c16-8-9-6-15(7-10-3-5-14-17-10)12-11(9)2-1-4-13-12/h1-6,8H,7H2. The van der Waals surface area contributed by atoms with Gasteiger partial charge in [0.1, 0.15) is 5.65 Å². The molecule has 5 heteroatoms. The SMILES string of the molecule is O=Cc1cn(Cc2ccno2)c2ncccc12. The number of hydrogen-bond donors (Lipinski definition) is 0. The number of fused-ring (bicyclic) bond motifs is 1. The summed E-state index contributed by atoms with van der Waals surface area (Å²) in [5, 5.41) is 4.50. The summed E-state index contributed by atoms with van der Waals surface area (Å²) in [5.74, 6) is 0.727. The van der Waals surface area contributed by atoms with E-state index in [4.69, 9.17) is 4.52 Å². The molecule has 84 valence electrons. The van der Waals surface area contributed by atoms with E-state index in [9.17, 15) is 4.79 Å². The smallest absolute Gasteiger partial charge is 0.156 e. The van der Waals surface area contributed by atoms with Crippen molar-refractivity contribution in [2.75, 3.05) is 0 Å². The number of aldehydes is 1. The van der Waals surface area contributed by atoms with Gasteiger partial charge in [-0.1, -0.05) is 5.16 Å². The van der Waals surface area contributed by atoms with Gasteiger partial charge in [0.05, 0.1) is 12.7 Å². The van der Waals surface area contributed by atoms with Crippen LogP contribution < -0.4 is 0 Å². The van der Waals surface area contributed by atoms with Crippen LogP contribution in [0.25, 0.3) is 11.0 Å². The second-order valence-corrected chi connectivity index (χ2v) is 3.68. The minimum Gasteiger partial charge on any atom is -0.359 e. The first kappa shape index (κ1) is 9.77. The van der Waals surface area contributed by atoms with Gasteiger partial charge in [-0.15, -0.1) is 0 Å². The van der Waals surface area contributed by atoms with E-state index in [0.29, 0.717) is 12.1 Å². The molecule has 0 saturated carbocycles. The molecule has 3 aromatic heterocycles. The Labute approximate surface area is 96.7 Å². The van der Waals surface area contributed by atoms with Gasteiger partial charge in [0.25, 0.3) is 0 Å². The fraction of sp³-hybridized carbons (Fsp3) is 0.0833. The van der Waals surface area contributed by atoms with Crippen molar-refractivity contribution in [1.82, 2.24) is 14.7 Å². The van der Waals surface area contributed by atoms with E-state index < -0.39 is 0 Å². The fourth-order valence-corrected chi connectivity index (χ4v) is 1.86. The molecule has 0 amide bonds. The summed E-state index contributed by atoms with van der Waals surface area (Å²) in [6, 6.07) is 5.48. The monoisotopic (exact) mass is 227 g/mol. The highest BCUT2D eigenvalue weighted by Gasteiger charge is 2.09. The second kappa shape index (κ2) is 3.86.